The molecule has 37 heavy (non-hydrogen) atoms. The van der Waals surface area contributed by atoms with Gasteiger partial charge in [0.2, 0.25) is 0 Å². The van der Waals surface area contributed by atoms with E-state index in [1.807, 2.05) is 48.6 Å². The van der Waals surface area contributed by atoms with Gasteiger partial charge in [-0.2, -0.15) is 0 Å². The van der Waals surface area contributed by atoms with Gasteiger partial charge in [-0.25, -0.2) is 0 Å². The maximum Gasteiger partial charge on any atom is 0.161 e. The van der Waals surface area contributed by atoms with Crippen molar-refractivity contribution in [3.8, 4) is 23.0 Å². The van der Waals surface area contributed by atoms with Crippen molar-refractivity contribution in [3.05, 3.63) is 131 Å². The Kier molecular flexibility index (Phi) is 11.2. The summed E-state index contributed by atoms with van der Waals surface area (Å²) in [5.74, 6) is 1.41. The monoisotopic (exact) mass is 540 g/mol. The fraction of sp³-hybridized carbons (Fsp3) is 0.0667. The van der Waals surface area contributed by atoms with Gasteiger partial charge in [-0.1, -0.05) is 72.9 Å². The smallest absolute Gasteiger partial charge is 0.161 e. The standard InChI is InChI=1S/2C15H14O3.Fe/c2*1-18-15-10-11(7-9-14(15)17)6-8-13(16)12-4-2-3-5-12;/h2*2-10,16-17H,1H3;. The van der Waals surface area contributed by atoms with E-state index in [9.17, 15) is 20.4 Å². The number of ether oxygens (including phenoxy) is 2. The van der Waals surface area contributed by atoms with E-state index in [0.717, 1.165) is 22.3 Å². The van der Waals surface area contributed by atoms with Crippen molar-refractivity contribution >= 4 is 12.2 Å². The van der Waals surface area contributed by atoms with Gasteiger partial charge in [-0.3, -0.25) is 0 Å². The van der Waals surface area contributed by atoms with Crippen molar-refractivity contribution in [2.24, 2.45) is 0 Å². The molecule has 0 spiro atoms. The first-order chi connectivity index (χ1) is 17.4. The Bertz CT molecular complexity index is 1210. The van der Waals surface area contributed by atoms with E-state index in [4.69, 9.17) is 9.47 Å². The molecule has 0 heterocycles. The fourth-order valence-corrected chi connectivity index (χ4v) is 3.23. The Balaban J connectivity index is 0.000000253. The topological polar surface area (TPSA) is 99.4 Å². The molecular weight excluding hydrogens is 512 g/mol. The van der Waals surface area contributed by atoms with Crippen LogP contribution >= 0.6 is 0 Å². The molecule has 0 saturated heterocycles. The van der Waals surface area contributed by atoms with E-state index >= 15 is 0 Å². The average Bonchev–Trinajstić information content (AvgIpc) is 3.63. The zero-order valence-electron chi connectivity index (χ0n) is 20.4. The summed E-state index contributed by atoms with van der Waals surface area (Å²) in [6.07, 6.45) is 21.5. The van der Waals surface area contributed by atoms with E-state index < -0.39 is 0 Å². The van der Waals surface area contributed by atoms with Crippen LogP contribution in [0.4, 0.5) is 0 Å². The van der Waals surface area contributed by atoms with E-state index in [0.29, 0.717) is 11.5 Å². The third-order valence-corrected chi connectivity index (χ3v) is 5.19. The minimum atomic E-state index is 0. The normalized spacial score (nSPS) is 13.1. The first-order valence-corrected chi connectivity index (χ1v) is 11.1. The van der Waals surface area contributed by atoms with Crippen molar-refractivity contribution in [3.63, 3.8) is 0 Å². The SMILES string of the molecule is COc1cc(C=CC(O)=C2C=CC=C2)ccc1O.COc1cc(C=CC(O)=C2C=CC=C2)ccc1O.[Fe]. The van der Waals surface area contributed by atoms with Gasteiger partial charge in [0.15, 0.2) is 23.0 Å². The third kappa shape index (κ3) is 8.39. The number of allylic oxidation sites excluding steroid dienone is 12. The maximum absolute atomic E-state index is 9.80. The molecule has 0 atom stereocenters. The average molecular weight is 540 g/mol. The number of hydrogen-bond donors (Lipinski definition) is 4. The molecule has 0 bridgehead atoms. The first kappa shape index (κ1) is 28.9. The first-order valence-electron chi connectivity index (χ1n) is 11.1. The Labute approximate surface area is 227 Å². The number of aliphatic hydroxyl groups excluding tert-OH is 2. The molecule has 4 rings (SSSR count). The molecule has 2 aliphatic carbocycles. The molecule has 0 radical (unpaired) electrons. The number of aliphatic hydroxyl groups is 2. The summed E-state index contributed by atoms with van der Waals surface area (Å²) in [6.45, 7) is 0. The number of aromatic hydroxyl groups is 2. The summed E-state index contributed by atoms with van der Waals surface area (Å²) in [7, 11) is 2.99. The zero-order valence-corrected chi connectivity index (χ0v) is 21.5. The number of rotatable bonds is 6. The van der Waals surface area contributed by atoms with E-state index in [2.05, 4.69) is 0 Å². The van der Waals surface area contributed by atoms with Crippen LogP contribution in [0.5, 0.6) is 23.0 Å². The molecule has 0 unspecified atom stereocenters. The molecule has 192 valence electrons. The van der Waals surface area contributed by atoms with Crippen molar-refractivity contribution < 1.29 is 47.0 Å². The van der Waals surface area contributed by atoms with Gasteiger partial charge in [0, 0.05) is 28.2 Å². The molecule has 0 saturated carbocycles. The molecule has 2 aliphatic rings. The molecule has 0 aliphatic heterocycles. The third-order valence-electron chi connectivity index (χ3n) is 5.19. The van der Waals surface area contributed by atoms with Crippen LogP contribution in [0.3, 0.4) is 0 Å². The summed E-state index contributed by atoms with van der Waals surface area (Å²) in [5.41, 5.74) is 3.22. The predicted octanol–water partition coefficient (Wildman–Crippen LogP) is 6.70. The number of benzene rings is 2. The maximum atomic E-state index is 9.80. The number of hydrogen-bond acceptors (Lipinski definition) is 6. The molecular formula is C30H28FeO6. The minimum absolute atomic E-state index is 0. The second kappa shape index (κ2) is 14.3. The molecule has 0 aromatic heterocycles. The van der Waals surface area contributed by atoms with Crippen molar-refractivity contribution in [2.75, 3.05) is 14.2 Å². The summed E-state index contributed by atoms with van der Waals surface area (Å²) in [5, 5.41) is 38.5. The van der Waals surface area contributed by atoms with Crippen LogP contribution in [0, 0.1) is 0 Å². The minimum Gasteiger partial charge on any atom is -0.507 e. The molecule has 4 N–H and O–H groups in total. The fourth-order valence-electron chi connectivity index (χ4n) is 3.23. The van der Waals surface area contributed by atoms with Gasteiger partial charge in [0.1, 0.15) is 11.5 Å². The summed E-state index contributed by atoms with van der Waals surface area (Å²) < 4.78 is 10.0. The van der Waals surface area contributed by atoms with Crippen LogP contribution in [0.2, 0.25) is 0 Å². The Morgan fingerprint density at radius 1 is 0.622 bits per heavy atom. The van der Waals surface area contributed by atoms with Crippen LogP contribution in [0.1, 0.15) is 11.1 Å². The molecule has 0 amide bonds. The zero-order chi connectivity index (χ0) is 25.9. The molecule has 6 nitrogen and oxygen atoms in total. The van der Waals surface area contributed by atoms with Crippen molar-refractivity contribution in [2.45, 2.75) is 0 Å². The van der Waals surface area contributed by atoms with Crippen molar-refractivity contribution in [1.82, 2.24) is 0 Å². The van der Waals surface area contributed by atoms with Gasteiger partial charge in [-0.15, -0.1) is 0 Å². The second-order valence-electron chi connectivity index (χ2n) is 7.65. The van der Waals surface area contributed by atoms with E-state index in [1.54, 1.807) is 60.7 Å². The Morgan fingerprint density at radius 3 is 1.30 bits per heavy atom. The van der Waals surface area contributed by atoms with Crippen molar-refractivity contribution in [1.29, 1.82) is 0 Å². The summed E-state index contributed by atoms with van der Waals surface area (Å²) >= 11 is 0. The molecule has 7 heteroatoms. The van der Waals surface area contributed by atoms with Crippen LogP contribution in [-0.4, -0.2) is 34.6 Å². The second-order valence-corrected chi connectivity index (χ2v) is 7.65. The van der Waals surface area contributed by atoms with Gasteiger partial charge in [-0.05, 0) is 47.5 Å². The summed E-state index contributed by atoms with van der Waals surface area (Å²) in [4.78, 5) is 0. The van der Waals surface area contributed by atoms with Crippen LogP contribution < -0.4 is 9.47 Å². The van der Waals surface area contributed by atoms with Crippen LogP contribution in [0.25, 0.3) is 12.2 Å². The number of phenols is 2. The van der Waals surface area contributed by atoms with Gasteiger partial charge < -0.3 is 29.9 Å². The quantitative estimate of drug-likeness (QED) is 0.240. The van der Waals surface area contributed by atoms with Crippen LogP contribution in [-0.2, 0) is 17.1 Å². The van der Waals surface area contributed by atoms with E-state index in [-0.39, 0.29) is 40.1 Å². The number of phenolic OH excluding ortho intramolecular Hbond substituents is 2. The Hall–Kier alpha value is -4.32. The molecule has 2 aromatic rings. The van der Waals surface area contributed by atoms with Gasteiger partial charge in [0.05, 0.1) is 14.2 Å². The van der Waals surface area contributed by atoms with Crippen LogP contribution in [0.15, 0.2) is 120 Å². The van der Waals surface area contributed by atoms with Gasteiger partial charge >= 0.3 is 0 Å². The largest absolute Gasteiger partial charge is 0.507 e. The number of methoxy groups -OCH3 is 2. The molecule has 0 fully saturated rings. The Morgan fingerprint density at radius 2 is 0.973 bits per heavy atom. The molecule has 2 aromatic carbocycles. The van der Waals surface area contributed by atoms with Gasteiger partial charge in [0.25, 0.3) is 0 Å². The predicted molar refractivity (Wildman–Crippen MR) is 143 cm³/mol. The summed E-state index contributed by atoms with van der Waals surface area (Å²) in [6, 6.07) is 9.99. The van der Waals surface area contributed by atoms with E-state index in [1.165, 1.54) is 14.2 Å².